The lowest BCUT2D eigenvalue weighted by Gasteiger charge is -2.11. The number of para-hydroxylation sites is 2. The number of carbonyl (C=O) groups excluding carboxylic acids is 1. The Kier molecular flexibility index (Phi) is 4.30. The Labute approximate surface area is 140 Å². The molecule has 6 nitrogen and oxygen atoms in total. The molecule has 0 atom stereocenters. The number of nitrogens with zero attached hydrogens (tertiary/aromatic N) is 3. The van der Waals surface area contributed by atoms with E-state index in [0.717, 1.165) is 4.57 Å². The molecule has 0 saturated heterocycles. The van der Waals surface area contributed by atoms with Gasteiger partial charge < -0.3 is 14.6 Å². The topological polar surface area (TPSA) is 69.0 Å². The number of imidazole rings is 1. The predicted molar refractivity (Wildman–Crippen MR) is 84.2 cm³/mol. The summed E-state index contributed by atoms with van der Waals surface area (Å²) in [5.41, 5.74) is 0.760. The molecule has 1 aromatic carbocycles. The molecule has 2 aromatic heterocycles. The van der Waals surface area contributed by atoms with Gasteiger partial charge in [-0.1, -0.05) is 12.1 Å². The lowest BCUT2D eigenvalue weighted by atomic mass is 10.3. The SMILES string of the molecule is COc1ccc(NC(=O)Cn2c(C(F)(F)F)nc3ccccc32)cn1. The minimum absolute atomic E-state index is 0.175. The summed E-state index contributed by atoms with van der Waals surface area (Å²) < 4.78 is 45.4. The van der Waals surface area contributed by atoms with E-state index in [-0.39, 0.29) is 11.0 Å². The Balaban J connectivity index is 1.87. The Morgan fingerprint density at radius 2 is 2.00 bits per heavy atom. The van der Waals surface area contributed by atoms with Crippen LogP contribution in [-0.2, 0) is 17.5 Å². The van der Waals surface area contributed by atoms with Crippen molar-refractivity contribution in [3.63, 3.8) is 0 Å². The van der Waals surface area contributed by atoms with Crippen LogP contribution in [0.15, 0.2) is 42.6 Å². The number of amides is 1. The van der Waals surface area contributed by atoms with E-state index in [1.807, 2.05) is 0 Å². The molecule has 0 spiro atoms. The van der Waals surface area contributed by atoms with Crippen LogP contribution in [0.5, 0.6) is 5.88 Å². The zero-order valence-corrected chi connectivity index (χ0v) is 13.0. The number of rotatable bonds is 4. The minimum atomic E-state index is -4.67. The van der Waals surface area contributed by atoms with Crippen molar-refractivity contribution in [1.29, 1.82) is 0 Å². The van der Waals surface area contributed by atoms with Gasteiger partial charge in [0.15, 0.2) is 0 Å². The second kappa shape index (κ2) is 6.42. The van der Waals surface area contributed by atoms with Crippen molar-refractivity contribution in [3.05, 3.63) is 48.4 Å². The smallest absolute Gasteiger partial charge is 0.449 e. The largest absolute Gasteiger partial charge is 0.481 e. The summed E-state index contributed by atoms with van der Waals surface area (Å²) in [5.74, 6) is -1.38. The third-order valence-corrected chi connectivity index (χ3v) is 3.44. The molecular weight excluding hydrogens is 337 g/mol. The van der Waals surface area contributed by atoms with Gasteiger partial charge in [0.05, 0.1) is 30.0 Å². The lowest BCUT2D eigenvalue weighted by molar-refractivity contribution is -0.147. The Morgan fingerprint density at radius 1 is 1.24 bits per heavy atom. The fraction of sp³-hybridized carbons (Fsp3) is 0.188. The summed E-state index contributed by atoms with van der Waals surface area (Å²) in [5, 5.41) is 2.50. The highest BCUT2D eigenvalue weighted by atomic mass is 19.4. The summed E-state index contributed by atoms with van der Waals surface area (Å²) in [6.45, 7) is -0.526. The van der Waals surface area contributed by atoms with E-state index in [1.165, 1.54) is 31.5 Å². The van der Waals surface area contributed by atoms with E-state index in [9.17, 15) is 18.0 Å². The number of ether oxygens (including phenoxy) is 1. The molecule has 1 N–H and O–H groups in total. The molecule has 3 rings (SSSR count). The van der Waals surface area contributed by atoms with Crippen molar-refractivity contribution < 1.29 is 22.7 Å². The normalized spacial score (nSPS) is 11.5. The maximum atomic E-state index is 13.2. The van der Waals surface area contributed by atoms with Gasteiger partial charge >= 0.3 is 6.18 Å². The molecule has 9 heteroatoms. The summed E-state index contributed by atoms with van der Waals surface area (Å²) in [7, 11) is 1.45. The van der Waals surface area contributed by atoms with Crippen molar-refractivity contribution in [3.8, 4) is 5.88 Å². The first-order chi connectivity index (χ1) is 11.9. The molecule has 1 amide bonds. The Bertz CT molecular complexity index is 904. The van der Waals surface area contributed by atoms with Gasteiger partial charge in [0.2, 0.25) is 17.6 Å². The average molecular weight is 350 g/mol. The Hall–Kier alpha value is -3.10. The van der Waals surface area contributed by atoms with Crippen LogP contribution < -0.4 is 10.1 Å². The van der Waals surface area contributed by atoms with E-state index < -0.39 is 24.5 Å². The number of hydrogen-bond donors (Lipinski definition) is 1. The molecular formula is C16H13F3N4O2. The Morgan fingerprint density at radius 3 is 2.64 bits per heavy atom. The number of hydrogen-bond acceptors (Lipinski definition) is 4. The monoisotopic (exact) mass is 350 g/mol. The molecule has 2 heterocycles. The maximum absolute atomic E-state index is 13.2. The maximum Gasteiger partial charge on any atom is 0.449 e. The van der Waals surface area contributed by atoms with Gasteiger partial charge in [-0.05, 0) is 18.2 Å². The standard InChI is InChI=1S/C16H13F3N4O2/c1-25-14-7-6-10(8-20-14)21-13(24)9-23-12-5-3-2-4-11(12)22-15(23)16(17,18)19/h2-8H,9H2,1H3,(H,21,24). The highest BCUT2D eigenvalue weighted by Crippen LogP contribution is 2.31. The number of pyridine rings is 1. The van der Waals surface area contributed by atoms with E-state index in [2.05, 4.69) is 15.3 Å². The zero-order chi connectivity index (χ0) is 18.0. The molecule has 0 unspecified atom stereocenters. The number of methoxy groups -OCH3 is 1. The van der Waals surface area contributed by atoms with Crippen molar-refractivity contribution in [2.75, 3.05) is 12.4 Å². The van der Waals surface area contributed by atoms with Gasteiger partial charge in [0.25, 0.3) is 0 Å². The summed E-state index contributed by atoms with van der Waals surface area (Å²) >= 11 is 0. The molecule has 25 heavy (non-hydrogen) atoms. The highest BCUT2D eigenvalue weighted by Gasteiger charge is 2.37. The average Bonchev–Trinajstić information content (AvgIpc) is 2.94. The van der Waals surface area contributed by atoms with Crippen LogP contribution in [0.2, 0.25) is 0 Å². The van der Waals surface area contributed by atoms with Gasteiger partial charge in [0, 0.05) is 6.07 Å². The number of anilines is 1. The number of alkyl halides is 3. The van der Waals surface area contributed by atoms with Gasteiger partial charge in [-0.2, -0.15) is 13.2 Å². The first-order valence-electron chi connectivity index (χ1n) is 7.21. The van der Waals surface area contributed by atoms with Crippen LogP contribution in [0.3, 0.4) is 0 Å². The van der Waals surface area contributed by atoms with E-state index in [1.54, 1.807) is 18.2 Å². The van der Waals surface area contributed by atoms with Gasteiger partial charge in [0.1, 0.15) is 6.54 Å². The van der Waals surface area contributed by atoms with Gasteiger partial charge in [-0.3, -0.25) is 4.79 Å². The summed E-state index contributed by atoms with van der Waals surface area (Å²) in [6, 6.07) is 9.20. The predicted octanol–water partition coefficient (Wildman–Crippen LogP) is 3.10. The van der Waals surface area contributed by atoms with E-state index in [0.29, 0.717) is 11.6 Å². The van der Waals surface area contributed by atoms with Crippen molar-refractivity contribution in [2.45, 2.75) is 12.7 Å². The molecule has 0 saturated carbocycles. The first-order valence-corrected chi connectivity index (χ1v) is 7.21. The third-order valence-electron chi connectivity index (χ3n) is 3.44. The number of fused-ring (bicyclic) bond motifs is 1. The van der Waals surface area contributed by atoms with Crippen LogP contribution in [0.4, 0.5) is 18.9 Å². The molecule has 130 valence electrons. The number of benzene rings is 1. The van der Waals surface area contributed by atoms with E-state index in [4.69, 9.17) is 4.74 Å². The minimum Gasteiger partial charge on any atom is -0.481 e. The number of carbonyl (C=O) groups is 1. The lowest BCUT2D eigenvalue weighted by Crippen LogP contribution is -2.23. The van der Waals surface area contributed by atoms with E-state index >= 15 is 0 Å². The van der Waals surface area contributed by atoms with Crippen molar-refractivity contribution in [2.24, 2.45) is 0 Å². The fourth-order valence-electron chi connectivity index (χ4n) is 2.37. The van der Waals surface area contributed by atoms with Crippen LogP contribution >= 0.6 is 0 Å². The van der Waals surface area contributed by atoms with Gasteiger partial charge in [-0.15, -0.1) is 0 Å². The van der Waals surface area contributed by atoms with Crippen LogP contribution in [-0.4, -0.2) is 27.6 Å². The molecule has 0 aliphatic carbocycles. The third kappa shape index (κ3) is 3.54. The quantitative estimate of drug-likeness (QED) is 0.785. The van der Waals surface area contributed by atoms with Crippen molar-refractivity contribution >= 4 is 22.6 Å². The molecule has 0 aliphatic rings. The highest BCUT2D eigenvalue weighted by molar-refractivity contribution is 5.91. The summed E-state index contributed by atoms with van der Waals surface area (Å²) in [6.07, 6.45) is -3.31. The summed E-state index contributed by atoms with van der Waals surface area (Å²) in [4.78, 5) is 19.7. The van der Waals surface area contributed by atoms with Gasteiger partial charge in [-0.25, -0.2) is 9.97 Å². The second-order valence-electron chi connectivity index (χ2n) is 5.15. The van der Waals surface area contributed by atoms with Crippen LogP contribution in [0.25, 0.3) is 11.0 Å². The van der Waals surface area contributed by atoms with Crippen molar-refractivity contribution in [1.82, 2.24) is 14.5 Å². The second-order valence-corrected chi connectivity index (χ2v) is 5.15. The molecule has 0 aliphatic heterocycles. The van der Waals surface area contributed by atoms with Crippen LogP contribution in [0.1, 0.15) is 5.82 Å². The number of nitrogens with one attached hydrogen (secondary N) is 1. The zero-order valence-electron chi connectivity index (χ0n) is 13.0. The first kappa shape index (κ1) is 16.7. The molecule has 0 radical (unpaired) electrons. The molecule has 0 bridgehead atoms. The molecule has 3 aromatic rings. The van der Waals surface area contributed by atoms with Crippen LogP contribution in [0, 0.1) is 0 Å². The molecule has 0 fully saturated rings. The fourth-order valence-corrected chi connectivity index (χ4v) is 2.37. The number of aromatic nitrogens is 3. The number of halogens is 3.